The smallest absolute Gasteiger partial charge is 0.326 e. The number of hydrogen-bond donors (Lipinski definition) is 0. The fraction of sp³-hybridized carbons (Fsp3) is 0.211. The van der Waals surface area contributed by atoms with E-state index in [2.05, 4.69) is 4.98 Å². The first-order valence-corrected chi connectivity index (χ1v) is 8.84. The molecule has 0 aliphatic heterocycles. The van der Waals surface area contributed by atoms with Crippen LogP contribution < -0.4 is 5.56 Å². The summed E-state index contributed by atoms with van der Waals surface area (Å²) < 4.78 is 8.57. The number of fused-ring (bicyclic) bond motifs is 1. The standard InChI is InChI=1S/C19H19N3O3S/c1-21(2)26-15-7-5-6-14(10-15)12-25-18(23)11-22-13-20-17-9-4-3-8-16(17)19(22)24/h3-10,13H,11-12H2,1-2H3. The van der Waals surface area contributed by atoms with E-state index < -0.39 is 5.97 Å². The highest BCUT2D eigenvalue weighted by atomic mass is 32.2. The zero-order valence-electron chi connectivity index (χ0n) is 14.6. The number of carbonyl (C=O) groups excluding carboxylic acids is 1. The Morgan fingerprint density at radius 3 is 2.81 bits per heavy atom. The van der Waals surface area contributed by atoms with E-state index >= 15 is 0 Å². The Morgan fingerprint density at radius 2 is 2.00 bits per heavy atom. The molecule has 0 fully saturated rings. The van der Waals surface area contributed by atoms with E-state index in [-0.39, 0.29) is 18.7 Å². The van der Waals surface area contributed by atoms with Crippen LogP contribution in [0.2, 0.25) is 0 Å². The minimum atomic E-state index is -0.477. The summed E-state index contributed by atoms with van der Waals surface area (Å²) in [6, 6.07) is 14.8. The van der Waals surface area contributed by atoms with Gasteiger partial charge in [0.15, 0.2) is 0 Å². The van der Waals surface area contributed by atoms with Crippen molar-refractivity contribution in [1.82, 2.24) is 13.9 Å². The van der Waals surface area contributed by atoms with Gasteiger partial charge in [0, 0.05) is 4.90 Å². The van der Waals surface area contributed by atoms with Gasteiger partial charge in [-0.3, -0.25) is 18.5 Å². The van der Waals surface area contributed by atoms with Crippen molar-refractivity contribution >= 4 is 28.8 Å². The van der Waals surface area contributed by atoms with Crippen molar-refractivity contribution in [2.24, 2.45) is 0 Å². The molecular weight excluding hydrogens is 350 g/mol. The lowest BCUT2D eigenvalue weighted by atomic mass is 10.2. The maximum atomic E-state index is 12.4. The molecule has 0 spiro atoms. The maximum absolute atomic E-state index is 12.4. The Labute approximate surface area is 155 Å². The minimum Gasteiger partial charge on any atom is -0.459 e. The largest absolute Gasteiger partial charge is 0.459 e. The van der Waals surface area contributed by atoms with Gasteiger partial charge in [-0.2, -0.15) is 0 Å². The number of hydrogen-bond acceptors (Lipinski definition) is 6. The number of para-hydroxylation sites is 1. The number of aromatic nitrogens is 2. The van der Waals surface area contributed by atoms with E-state index in [1.165, 1.54) is 10.9 Å². The van der Waals surface area contributed by atoms with E-state index in [4.69, 9.17) is 4.74 Å². The van der Waals surface area contributed by atoms with Crippen LogP contribution in [0.5, 0.6) is 0 Å². The number of rotatable bonds is 6. The molecule has 0 amide bonds. The molecule has 3 aromatic rings. The number of nitrogens with zero attached hydrogens (tertiary/aromatic N) is 3. The molecule has 0 atom stereocenters. The van der Waals surface area contributed by atoms with E-state index in [0.717, 1.165) is 10.5 Å². The molecule has 7 heteroatoms. The van der Waals surface area contributed by atoms with Crippen molar-refractivity contribution in [2.45, 2.75) is 18.0 Å². The van der Waals surface area contributed by atoms with Crippen molar-refractivity contribution in [3.8, 4) is 0 Å². The molecule has 0 bridgehead atoms. The van der Waals surface area contributed by atoms with Gasteiger partial charge < -0.3 is 4.74 Å². The minimum absolute atomic E-state index is 0.163. The summed E-state index contributed by atoms with van der Waals surface area (Å²) in [6.07, 6.45) is 1.38. The van der Waals surface area contributed by atoms with Crippen molar-refractivity contribution in [3.63, 3.8) is 0 Å². The molecule has 0 radical (unpaired) electrons. The zero-order valence-corrected chi connectivity index (χ0v) is 15.4. The second-order valence-electron chi connectivity index (χ2n) is 5.91. The monoisotopic (exact) mass is 369 g/mol. The van der Waals surface area contributed by atoms with Gasteiger partial charge in [0.05, 0.1) is 17.2 Å². The van der Waals surface area contributed by atoms with Crippen LogP contribution in [0.15, 0.2) is 64.5 Å². The van der Waals surface area contributed by atoms with Gasteiger partial charge in [0.2, 0.25) is 0 Å². The van der Waals surface area contributed by atoms with Crippen LogP contribution in [-0.2, 0) is 22.7 Å². The molecule has 0 saturated carbocycles. The molecule has 0 saturated heterocycles. The summed E-state index contributed by atoms with van der Waals surface area (Å²) in [4.78, 5) is 29.8. The highest BCUT2D eigenvalue weighted by molar-refractivity contribution is 7.97. The quantitative estimate of drug-likeness (QED) is 0.492. The third-order valence-electron chi connectivity index (χ3n) is 3.62. The topological polar surface area (TPSA) is 64.4 Å². The van der Waals surface area contributed by atoms with Crippen molar-refractivity contribution in [3.05, 3.63) is 70.8 Å². The van der Waals surface area contributed by atoms with Crippen LogP contribution in [0.3, 0.4) is 0 Å². The molecule has 0 aliphatic rings. The molecule has 3 rings (SSSR count). The summed E-state index contributed by atoms with van der Waals surface area (Å²) in [5.74, 6) is -0.477. The molecule has 0 N–H and O–H groups in total. The van der Waals surface area contributed by atoms with Crippen LogP contribution in [0.4, 0.5) is 0 Å². The van der Waals surface area contributed by atoms with Gasteiger partial charge in [0.25, 0.3) is 5.56 Å². The molecule has 1 aromatic heterocycles. The first-order chi connectivity index (χ1) is 12.5. The summed E-state index contributed by atoms with van der Waals surface area (Å²) in [5.41, 5.74) is 1.25. The lowest BCUT2D eigenvalue weighted by molar-refractivity contribution is -0.145. The highest BCUT2D eigenvalue weighted by Gasteiger charge is 2.09. The third kappa shape index (κ3) is 4.50. The first-order valence-electron chi connectivity index (χ1n) is 8.07. The summed E-state index contributed by atoms with van der Waals surface area (Å²) in [6.45, 7) is -0.000766. The molecular formula is C19H19N3O3S. The van der Waals surface area contributed by atoms with E-state index in [1.807, 2.05) is 48.7 Å². The lowest BCUT2D eigenvalue weighted by Gasteiger charge is -2.10. The molecule has 26 heavy (non-hydrogen) atoms. The van der Waals surface area contributed by atoms with Crippen molar-refractivity contribution in [2.75, 3.05) is 14.1 Å². The average molecular weight is 369 g/mol. The Kier molecular flexibility index (Phi) is 5.70. The molecule has 2 aromatic carbocycles. The number of ether oxygens (including phenoxy) is 1. The van der Waals surface area contributed by atoms with E-state index in [0.29, 0.717) is 10.9 Å². The first kappa shape index (κ1) is 18.2. The van der Waals surface area contributed by atoms with Crippen LogP contribution >= 0.6 is 11.9 Å². The maximum Gasteiger partial charge on any atom is 0.326 e. The summed E-state index contributed by atoms with van der Waals surface area (Å²) in [7, 11) is 3.93. The van der Waals surface area contributed by atoms with E-state index in [1.54, 1.807) is 30.1 Å². The second kappa shape index (κ2) is 8.16. The van der Waals surface area contributed by atoms with Crippen LogP contribution in [0, 0.1) is 0 Å². The lowest BCUT2D eigenvalue weighted by Crippen LogP contribution is -2.25. The van der Waals surface area contributed by atoms with Gasteiger partial charge in [-0.1, -0.05) is 24.3 Å². The van der Waals surface area contributed by atoms with Gasteiger partial charge in [-0.05, 0) is 55.9 Å². The zero-order chi connectivity index (χ0) is 18.5. The van der Waals surface area contributed by atoms with Gasteiger partial charge in [0.1, 0.15) is 13.2 Å². The number of carbonyl (C=O) groups is 1. The van der Waals surface area contributed by atoms with Crippen LogP contribution in [-0.4, -0.2) is 33.9 Å². The van der Waals surface area contributed by atoms with Gasteiger partial charge in [-0.25, -0.2) is 4.98 Å². The summed E-state index contributed by atoms with van der Waals surface area (Å²) in [5, 5.41) is 0.483. The second-order valence-corrected chi connectivity index (χ2v) is 7.29. The normalized spacial score (nSPS) is 11.0. The Morgan fingerprint density at radius 1 is 1.19 bits per heavy atom. The fourth-order valence-electron chi connectivity index (χ4n) is 2.47. The predicted molar refractivity (Wildman–Crippen MR) is 102 cm³/mol. The number of benzene rings is 2. The average Bonchev–Trinajstić information content (AvgIpc) is 2.62. The van der Waals surface area contributed by atoms with Crippen LogP contribution in [0.1, 0.15) is 5.56 Å². The molecule has 0 aliphatic carbocycles. The van der Waals surface area contributed by atoms with Crippen molar-refractivity contribution < 1.29 is 9.53 Å². The van der Waals surface area contributed by atoms with Gasteiger partial charge in [-0.15, -0.1) is 0 Å². The fourth-order valence-corrected chi connectivity index (χ4v) is 3.24. The highest BCUT2D eigenvalue weighted by Crippen LogP contribution is 2.20. The molecule has 1 heterocycles. The Hall–Kier alpha value is -2.64. The number of esters is 1. The Balaban J connectivity index is 1.65. The molecule has 134 valence electrons. The molecule has 6 nitrogen and oxygen atoms in total. The summed E-state index contributed by atoms with van der Waals surface area (Å²) >= 11 is 1.59. The van der Waals surface area contributed by atoms with E-state index in [9.17, 15) is 9.59 Å². The Bertz CT molecular complexity index is 985. The third-order valence-corrected chi connectivity index (χ3v) is 4.45. The van der Waals surface area contributed by atoms with Crippen molar-refractivity contribution in [1.29, 1.82) is 0 Å². The SMILES string of the molecule is CN(C)Sc1cccc(COC(=O)Cn2cnc3ccccc3c2=O)c1. The predicted octanol–water partition coefficient (Wildman–Crippen LogP) is 2.71. The molecule has 0 unspecified atom stereocenters. The van der Waals surface area contributed by atoms with Gasteiger partial charge >= 0.3 is 5.97 Å². The van der Waals surface area contributed by atoms with Crippen LogP contribution in [0.25, 0.3) is 10.9 Å².